The summed E-state index contributed by atoms with van der Waals surface area (Å²) in [4.78, 5) is 10.5. The normalized spacial score (nSPS) is 22.7. The molecule has 0 aromatic rings. The Labute approximate surface area is 82.9 Å². The van der Waals surface area contributed by atoms with Crippen LogP contribution in [0, 0.1) is 5.92 Å². The third-order valence-electron chi connectivity index (χ3n) is 2.04. The summed E-state index contributed by atoms with van der Waals surface area (Å²) >= 11 is 0. The second-order valence-corrected chi connectivity index (χ2v) is 3.36. The summed E-state index contributed by atoms with van der Waals surface area (Å²) in [5.41, 5.74) is -2.30. The maximum atomic E-state index is 13.1. The van der Waals surface area contributed by atoms with E-state index in [4.69, 9.17) is 5.11 Å². The van der Waals surface area contributed by atoms with Crippen LogP contribution in [0.15, 0.2) is 23.0 Å². The third kappa shape index (κ3) is 2.37. The Balaban J connectivity index is 3.22. The molecule has 0 bridgehead atoms. The molecule has 1 atom stereocenters. The van der Waals surface area contributed by atoms with Gasteiger partial charge in [-0.2, -0.15) is 13.2 Å². The predicted molar refractivity (Wildman–Crippen MR) is 43.7 cm³/mol. The average molecular weight is 224 g/mol. The molecule has 0 radical (unpaired) electrons. The number of halogens is 4. The van der Waals surface area contributed by atoms with Gasteiger partial charge < -0.3 is 5.11 Å². The molecule has 1 rings (SSSR count). The summed E-state index contributed by atoms with van der Waals surface area (Å²) in [5, 5.41) is 8.52. The van der Waals surface area contributed by atoms with Crippen molar-refractivity contribution >= 4 is 5.97 Å². The molecule has 15 heavy (non-hydrogen) atoms. The summed E-state index contributed by atoms with van der Waals surface area (Å²) in [6.45, 7) is 1.40. The molecule has 0 aliphatic heterocycles. The third-order valence-corrected chi connectivity index (χ3v) is 2.04. The van der Waals surface area contributed by atoms with Crippen LogP contribution in [0.2, 0.25) is 0 Å². The zero-order chi connectivity index (χ0) is 11.8. The highest BCUT2D eigenvalue weighted by Crippen LogP contribution is 2.39. The Hall–Kier alpha value is -1.33. The maximum Gasteiger partial charge on any atom is 0.418 e. The van der Waals surface area contributed by atoms with Crippen LogP contribution in [-0.2, 0) is 4.79 Å². The second-order valence-electron chi connectivity index (χ2n) is 3.36. The van der Waals surface area contributed by atoms with Gasteiger partial charge in [0.25, 0.3) is 0 Å². The zero-order valence-electron chi connectivity index (χ0n) is 7.73. The quantitative estimate of drug-likeness (QED) is 0.695. The van der Waals surface area contributed by atoms with Gasteiger partial charge in [-0.1, -0.05) is 13.0 Å². The van der Waals surface area contributed by atoms with Gasteiger partial charge in [-0.15, -0.1) is 0 Å². The average Bonchev–Trinajstić information content (AvgIpc) is 2.06. The largest absolute Gasteiger partial charge is 0.478 e. The van der Waals surface area contributed by atoms with Gasteiger partial charge in [0.2, 0.25) is 0 Å². The fourth-order valence-corrected chi connectivity index (χ4v) is 1.39. The first kappa shape index (κ1) is 11.7. The van der Waals surface area contributed by atoms with Gasteiger partial charge in [0.05, 0.1) is 11.1 Å². The Bertz CT molecular complexity index is 352. The number of alkyl halides is 3. The highest BCUT2D eigenvalue weighted by Gasteiger charge is 2.41. The van der Waals surface area contributed by atoms with E-state index in [0.29, 0.717) is 6.08 Å². The van der Waals surface area contributed by atoms with E-state index in [9.17, 15) is 22.4 Å². The smallest absolute Gasteiger partial charge is 0.418 e. The van der Waals surface area contributed by atoms with Gasteiger partial charge in [-0.05, 0) is 12.3 Å². The monoisotopic (exact) mass is 224 g/mol. The van der Waals surface area contributed by atoms with Crippen molar-refractivity contribution in [2.75, 3.05) is 0 Å². The summed E-state index contributed by atoms with van der Waals surface area (Å²) in [6, 6.07) is 0. The van der Waals surface area contributed by atoms with E-state index in [1.54, 1.807) is 0 Å². The Morgan fingerprint density at radius 1 is 1.53 bits per heavy atom. The van der Waals surface area contributed by atoms with Crippen LogP contribution in [0.1, 0.15) is 13.3 Å². The molecule has 1 unspecified atom stereocenters. The minimum atomic E-state index is -4.85. The molecule has 0 heterocycles. The molecule has 84 valence electrons. The van der Waals surface area contributed by atoms with E-state index in [2.05, 4.69) is 0 Å². The van der Waals surface area contributed by atoms with Gasteiger partial charge in [0, 0.05) is 0 Å². The van der Waals surface area contributed by atoms with Crippen molar-refractivity contribution in [1.29, 1.82) is 0 Å². The molecule has 0 spiro atoms. The number of allylic oxidation sites excluding steroid dienone is 3. The van der Waals surface area contributed by atoms with E-state index >= 15 is 0 Å². The lowest BCUT2D eigenvalue weighted by molar-refractivity contribution is -0.133. The number of hydrogen-bond acceptors (Lipinski definition) is 1. The summed E-state index contributed by atoms with van der Waals surface area (Å²) in [6.07, 6.45) is -4.36. The maximum absolute atomic E-state index is 13.1. The van der Waals surface area contributed by atoms with Crippen LogP contribution < -0.4 is 0 Å². The molecule has 0 fully saturated rings. The fourth-order valence-electron chi connectivity index (χ4n) is 1.39. The van der Waals surface area contributed by atoms with Crippen LogP contribution in [0.4, 0.5) is 17.6 Å². The zero-order valence-corrected chi connectivity index (χ0v) is 7.73. The standard InChI is InChI=1S/C9H8F4O2/c1-4-2-5(8(14)15)7(10)6(3-4)9(11,12)13/h3-4H,2H2,1H3,(H,14,15). The summed E-state index contributed by atoms with van der Waals surface area (Å²) in [5.74, 6) is -3.95. The molecule has 1 aliphatic carbocycles. The number of hydrogen-bond donors (Lipinski definition) is 1. The predicted octanol–water partition coefficient (Wildman–Crippen LogP) is 2.82. The van der Waals surface area contributed by atoms with Crippen LogP contribution >= 0.6 is 0 Å². The van der Waals surface area contributed by atoms with Gasteiger partial charge >= 0.3 is 12.1 Å². The second kappa shape index (κ2) is 3.67. The van der Waals surface area contributed by atoms with Crippen molar-refractivity contribution < 1.29 is 27.5 Å². The molecule has 0 amide bonds. The van der Waals surface area contributed by atoms with Gasteiger partial charge in [-0.3, -0.25) is 0 Å². The lowest BCUT2D eigenvalue weighted by atomic mass is 9.90. The molecule has 0 saturated heterocycles. The van der Waals surface area contributed by atoms with Crippen molar-refractivity contribution in [3.05, 3.63) is 23.0 Å². The Kier molecular flexibility index (Phi) is 2.88. The van der Waals surface area contributed by atoms with Gasteiger partial charge in [0.15, 0.2) is 0 Å². The van der Waals surface area contributed by atoms with Crippen molar-refractivity contribution in [2.24, 2.45) is 5.92 Å². The Morgan fingerprint density at radius 2 is 2.07 bits per heavy atom. The minimum absolute atomic E-state index is 0.221. The van der Waals surface area contributed by atoms with Crippen LogP contribution in [0.3, 0.4) is 0 Å². The van der Waals surface area contributed by atoms with E-state index < -0.39 is 35.0 Å². The van der Waals surface area contributed by atoms with Gasteiger partial charge in [0.1, 0.15) is 5.83 Å². The van der Waals surface area contributed by atoms with Crippen molar-refractivity contribution in [3.63, 3.8) is 0 Å². The molecular formula is C9H8F4O2. The number of aliphatic carboxylic acids is 1. The van der Waals surface area contributed by atoms with Crippen LogP contribution in [-0.4, -0.2) is 17.3 Å². The number of rotatable bonds is 1. The summed E-state index contributed by atoms with van der Waals surface area (Å²) in [7, 11) is 0. The minimum Gasteiger partial charge on any atom is -0.478 e. The highest BCUT2D eigenvalue weighted by molar-refractivity contribution is 5.88. The first-order valence-electron chi connectivity index (χ1n) is 4.14. The molecular weight excluding hydrogens is 216 g/mol. The van der Waals surface area contributed by atoms with Crippen molar-refractivity contribution in [3.8, 4) is 0 Å². The molecule has 0 saturated carbocycles. The molecule has 6 heteroatoms. The fraction of sp³-hybridized carbons (Fsp3) is 0.444. The molecule has 1 aliphatic rings. The Morgan fingerprint density at radius 3 is 2.47 bits per heavy atom. The molecule has 2 nitrogen and oxygen atoms in total. The lowest BCUT2D eigenvalue weighted by Crippen LogP contribution is -2.21. The highest BCUT2D eigenvalue weighted by atomic mass is 19.4. The van der Waals surface area contributed by atoms with Crippen LogP contribution in [0.5, 0.6) is 0 Å². The number of carbonyl (C=O) groups is 1. The van der Waals surface area contributed by atoms with Crippen molar-refractivity contribution in [1.82, 2.24) is 0 Å². The van der Waals surface area contributed by atoms with Crippen LogP contribution in [0.25, 0.3) is 0 Å². The number of carboxylic acids is 1. The van der Waals surface area contributed by atoms with E-state index in [1.807, 2.05) is 0 Å². The first-order valence-corrected chi connectivity index (χ1v) is 4.14. The van der Waals surface area contributed by atoms with Crippen molar-refractivity contribution in [2.45, 2.75) is 19.5 Å². The first-order chi connectivity index (χ1) is 6.73. The number of carboxylic acid groups (broad SMARTS) is 1. The topological polar surface area (TPSA) is 37.3 Å². The lowest BCUT2D eigenvalue weighted by Gasteiger charge is -2.20. The molecule has 1 N–H and O–H groups in total. The van der Waals surface area contributed by atoms with Gasteiger partial charge in [-0.25, -0.2) is 9.18 Å². The van der Waals surface area contributed by atoms with E-state index in [0.717, 1.165) is 0 Å². The SMILES string of the molecule is CC1C=C(C(F)(F)F)C(F)=C(C(=O)O)C1. The van der Waals surface area contributed by atoms with E-state index in [-0.39, 0.29) is 6.42 Å². The summed E-state index contributed by atoms with van der Waals surface area (Å²) < 4.78 is 49.9. The van der Waals surface area contributed by atoms with E-state index in [1.165, 1.54) is 6.92 Å². The molecule has 0 aromatic carbocycles. The molecule has 0 aromatic heterocycles.